The van der Waals surface area contributed by atoms with Crippen molar-refractivity contribution in [1.82, 2.24) is 0 Å². The topological polar surface area (TPSA) is 33.7 Å². The number of nitrogens with two attached hydrogens (primary N) is 1. The SMILES string of the molecule is CCC(=O)C(C[C@@H](CC1=CCc2ccccc21)[NH2+]C)(c1ccccc1)c1ccccc1. The number of hydrogen-bond acceptors (Lipinski definition) is 1. The van der Waals surface area contributed by atoms with E-state index < -0.39 is 5.41 Å². The van der Waals surface area contributed by atoms with Gasteiger partial charge in [0.15, 0.2) is 0 Å². The third kappa shape index (κ3) is 4.13. The summed E-state index contributed by atoms with van der Waals surface area (Å²) >= 11 is 0. The van der Waals surface area contributed by atoms with Crippen LogP contribution in [-0.4, -0.2) is 18.9 Å². The van der Waals surface area contributed by atoms with Crippen molar-refractivity contribution in [3.8, 4) is 0 Å². The molecule has 0 heterocycles. The largest absolute Gasteiger partial charge is 0.346 e. The Labute approximate surface area is 186 Å². The van der Waals surface area contributed by atoms with Crippen LogP contribution in [0.3, 0.4) is 0 Å². The fourth-order valence-electron chi connectivity index (χ4n) is 5.12. The number of Topliss-reactive ketones (excluding diaryl/α,β-unsaturated/α-hetero) is 1. The molecule has 1 aliphatic rings. The fraction of sp³-hybridized carbons (Fsp3) is 0.276. The smallest absolute Gasteiger partial charge is 0.147 e. The third-order valence-electron chi connectivity index (χ3n) is 6.78. The van der Waals surface area contributed by atoms with E-state index in [0.717, 1.165) is 30.4 Å². The van der Waals surface area contributed by atoms with E-state index in [0.29, 0.717) is 12.5 Å². The van der Waals surface area contributed by atoms with Gasteiger partial charge in [0.1, 0.15) is 5.78 Å². The van der Waals surface area contributed by atoms with E-state index in [1.54, 1.807) is 0 Å². The molecule has 2 heteroatoms. The van der Waals surface area contributed by atoms with Gasteiger partial charge >= 0.3 is 0 Å². The lowest BCUT2D eigenvalue weighted by Crippen LogP contribution is -2.87. The van der Waals surface area contributed by atoms with Crippen LogP contribution < -0.4 is 5.32 Å². The first kappa shape index (κ1) is 21.3. The van der Waals surface area contributed by atoms with Crippen molar-refractivity contribution >= 4 is 11.4 Å². The van der Waals surface area contributed by atoms with E-state index in [4.69, 9.17) is 0 Å². The molecule has 0 radical (unpaired) electrons. The van der Waals surface area contributed by atoms with Gasteiger partial charge in [-0.2, -0.15) is 0 Å². The maximum atomic E-state index is 13.7. The van der Waals surface area contributed by atoms with Crippen LogP contribution in [0.4, 0.5) is 0 Å². The first-order valence-electron chi connectivity index (χ1n) is 11.4. The molecule has 0 unspecified atom stereocenters. The van der Waals surface area contributed by atoms with Gasteiger partial charge in [0.25, 0.3) is 0 Å². The van der Waals surface area contributed by atoms with Gasteiger partial charge in [0, 0.05) is 19.3 Å². The zero-order chi connectivity index (χ0) is 21.7. The molecule has 0 spiro atoms. The van der Waals surface area contributed by atoms with Crippen molar-refractivity contribution in [1.29, 1.82) is 0 Å². The highest BCUT2D eigenvalue weighted by atomic mass is 16.1. The van der Waals surface area contributed by atoms with Crippen LogP contribution in [-0.2, 0) is 16.6 Å². The molecule has 158 valence electrons. The average molecular weight is 411 g/mol. The fourth-order valence-corrected chi connectivity index (χ4v) is 5.12. The van der Waals surface area contributed by atoms with Crippen LogP contribution in [0.1, 0.15) is 48.4 Å². The van der Waals surface area contributed by atoms with Crippen molar-refractivity contribution in [3.05, 3.63) is 113 Å². The average Bonchev–Trinajstić information content (AvgIpc) is 3.25. The van der Waals surface area contributed by atoms with Crippen molar-refractivity contribution in [2.24, 2.45) is 0 Å². The van der Waals surface area contributed by atoms with Gasteiger partial charge in [-0.15, -0.1) is 0 Å². The van der Waals surface area contributed by atoms with E-state index in [1.807, 2.05) is 19.1 Å². The lowest BCUT2D eigenvalue weighted by atomic mass is 9.66. The number of ketones is 1. The van der Waals surface area contributed by atoms with Gasteiger partial charge in [0.05, 0.1) is 18.5 Å². The molecule has 2 N–H and O–H groups in total. The number of allylic oxidation sites excluding steroid dienone is 1. The number of carbonyl (C=O) groups is 1. The number of quaternary nitrogens is 1. The molecule has 3 aromatic rings. The highest BCUT2D eigenvalue weighted by Crippen LogP contribution is 2.40. The standard InChI is InChI=1S/C29H31NO/c1-3-28(31)29(24-13-6-4-7-14-24,25-15-8-5-9-16-25)21-26(30-2)20-23-19-18-22-12-10-11-17-27(22)23/h4-17,19,26,30H,3,18,20-21H2,1-2H3/p+1/t26-/m1/s1. The summed E-state index contributed by atoms with van der Waals surface area (Å²) in [4.78, 5) is 13.7. The van der Waals surface area contributed by atoms with Crippen molar-refractivity contribution in [2.75, 3.05) is 7.05 Å². The lowest BCUT2D eigenvalue weighted by Gasteiger charge is -2.35. The molecule has 3 aromatic carbocycles. The number of rotatable bonds is 9. The summed E-state index contributed by atoms with van der Waals surface area (Å²) in [7, 11) is 2.14. The minimum Gasteiger partial charge on any atom is -0.346 e. The zero-order valence-electron chi connectivity index (χ0n) is 18.6. The van der Waals surface area contributed by atoms with Crippen molar-refractivity contribution in [3.63, 3.8) is 0 Å². The van der Waals surface area contributed by atoms with Crippen molar-refractivity contribution in [2.45, 2.75) is 44.1 Å². The van der Waals surface area contributed by atoms with E-state index in [9.17, 15) is 4.79 Å². The molecule has 1 atom stereocenters. The van der Waals surface area contributed by atoms with Crippen LogP contribution in [0, 0.1) is 0 Å². The summed E-state index contributed by atoms with van der Waals surface area (Å²) in [6.07, 6.45) is 5.65. The Bertz CT molecular complexity index is 1010. The first-order chi connectivity index (χ1) is 15.2. The van der Waals surface area contributed by atoms with Crippen LogP contribution >= 0.6 is 0 Å². The molecule has 0 saturated carbocycles. The molecule has 0 aromatic heterocycles. The highest BCUT2D eigenvalue weighted by Gasteiger charge is 2.43. The molecule has 4 rings (SSSR count). The molecule has 0 saturated heterocycles. The van der Waals surface area contributed by atoms with Crippen molar-refractivity contribution < 1.29 is 10.1 Å². The van der Waals surface area contributed by atoms with E-state index in [1.165, 1.54) is 16.7 Å². The summed E-state index contributed by atoms with van der Waals surface area (Å²) in [5.41, 5.74) is 5.77. The van der Waals surface area contributed by atoms with Gasteiger partial charge in [-0.25, -0.2) is 0 Å². The van der Waals surface area contributed by atoms with Crippen LogP contribution in [0.5, 0.6) is 0 Å². The third-order valence-corrected chi connectivity index (χ3v) is 6.78. The zero-order valence-corrected chi connectivity index (χ0v) is 18.6. The molecule has 0 fully saturated rings. The molecule has 0 bridgehead atoms. The molecular weight excluding hydrogens is 378 g/mol. The van der Waals surface area contributed by atoms with Crippen LogP contribution in [0.25, 0.3) is 5.57 Å². The van der Waals surface area contributed by atoms with Crippen LogP contribution in [0.15, 0.2) is 91.0 Å². The summed E-state index contributed by atoms with van der Waals surface area (Å²) in [5, 5.41) is 2.30. The number of hydrogen-bond donors (Lipinski definition) is 1. The minimum atomic E-state index is -0.632. The van der Waals surface area contributed by atoms with Gasteiger partial charge in [-0.1, -0.05) is 97.9 Å². The Kier molecular flexibility index (Phi) is 6.48. The summed E-state index contributed by atoms with van der Waals surface area (Å²) < 4.78 is 0. The number of benzene rings is 3. The molecule has 31 heavy (non-hydrogen) atoms. The Hall–Kier alpha value is -2.97. The van der Waals surface area contributed by atoms with E-state index >= 15 is 0 Å². The quantitative estimate of drug-likeness (QED) is 0.533. The Morgan fingerprint density at radius 3 is 2.06 bits per heavy atom. The molecule has 0 amide bonds. The lowest BCUT2D eigenvalue weighted by molar-refractivity contribution is -0.663. The summed E-state index contributed by atoms with van der Waals surface area (Å²) in [6.45, 7) is 1.99. The summed E-state index contributed by atoms with van der Waals surface area (Å²) in [5.74, 6) is 0.289. The Balaban J connectivity index is 1.74. The second kappa shape index (κ2) is 9.45. The van der Waals surface area contributed by atoms with Crippen LogP contribution in [0.2, 0.25) is 0 Å². The molecular formula is C29H32NO+. The predicted octanol–water partition coefficient (Wildman–Crippen LogP) is 4.93. The van der Waals surface area contributed by atoms with Gasteiger partial charge < -0.3 is 5.32 Å². The maximum Gasteiger partial charge on any atom is 0.147 e. The summed E-state index contributed by atoms with van der Waals surface area (Å²) in [6, 6.07) is 29.8. The molecule has 2 nitrogen and oxygen atoms in total. The van der Waals surface area contributed by atoms with Gasteiger partial charge in [-0.3, -0.25) is 4.79 Å². The molecule has 0 aliphatic heterocycles. The minimum absolute atomic E-state index is 0.289. The van der Waals surface area contributed by atoms with E-state index in [-0.39, 0.29) is 5.78 Å². The molecule has 1 aliphatic carbocycles. The number of fused-ring (bicyclic) bond motifs is 1. The first-order valence-corrected chi connectivity index (χ1v) is 11.4. The predicted molar refractivity (Wildman–Crippen MR) is 128 cm³/mol. The van der Waals surface area contributed by atoms with E-state index in [2.05, 4.69) is 91.2 Å². The van der Waals surface area contributed by atoms with Gasteiger partial charge in [-0.05, 0) is 34.2 Å². The second-order valence-corrected chi connectivity index (χ2v) is 8.51. The monoisotopic (exact) mass is 410 g/mol. The second-order valence-electron chi connectivity index (χ2n) is 8.51. The highest BCUT2D eigenvalue weighted by molar-refractivity contribution is 5.93. The normalized spacial score (nSPS) is 14.1. The maximum absolute atomic E-state index is 13.7. The van der Waals surface area contributed by atoms with Gasteiger partial charge in [0.2, 0.25) is 0 Å². The number of carbonyl (C=O) groups excluding carboxylic acids is 1. The Morgan fingerprint density at radius 1 is 0.903 bits per heavy atom. The Morgan fingerprint density at radius 2 is 1.48 bits per heavy atom.